The Hall–Kier alpha value is -1.56. The van der Waals surface area contributed by atoms with Crippen molar-refractivity contribution in [2.75, 3.05) is 19.8 Å². The number of hydrogen-bond donors (Lipinski definition) is 2. The third-order valence-corrected chi connectivity index (χ3v) is 3.12. The molecule has 18 heavy (non-hydrogen) atoms. The van der Waals surface area contributed by atoms with Gasteiger partial charge in [0.05, 0.1) is 0 Å². The van der Waals surface area contributed by atoms with Gasteiger partial charge >= 0.3 is 6.03 Å². The minimum absolute atomic E-state index is 0.0975. The van der Waals surface area contributed by atoms with E-state index in [1.165, 1.54) is 0 Å². The number of aromatic nitrogens is 2. The highest BCUT2D eigenvalue weighted by Crippen LogP contribution is 2.05. The predicted octanol–water partition coefficient (Wildman–Crippen LogP) is 0.670. The number of nitrogens with one attached hydrogen (secondary N) is 2. The summed E-state index contributed by atoms with van der Waals surface area (Å²) in [5, 5.41) is 5.81. The van der Waals surface area contributed by atoms with E-state index in [1.54, 1.807) is 6.20 Å². The Bertz CT molecular complexity index is 385. The van der Waals surface area contributed by atoms with Crippen molar-refractivity contribution in [3.05, 3.63) is 18.2 Å². The first kappa shape index (κ1) is 12.9. The molecule has 0 unspecified atom stereocenters. The molecule has 2 heterocycles. The fraction of sp³-hybridized carbons (Fsp3) is 0.667. The Morgan fingerprint density at radius 1 is 1.56 bits per heavy atom. The van der Waals surface area contributed by atoms with Crippen LogP contribution < -0.4 is 10.6 Å². The van der Waals surface area contributed by atoms with Gasteiger partial charge in [0.25, 0.3) is 0 Å². The molecule has 2 amide bonds. The SMILES string of the molecule is Cc1nccn1CCNC(=O)NC1CCOCC1. The standard InChI is InChI=1S/C12H20N4O2/c1-10-13-4-6-16(10)7-5-14-12(17)15-11-2-8-18-9-3-11/h4,6,11H,2-3,5,7-9H2,1H3,(H2,14,15,17). The van der Waals surface area contributed by atoms with Crippen molar-refractivity contribution in [2.45, 2.75) is 32.4 Å². The van der Waals surface area contributed by atoms with Crippen molar-refractivity contribution < 1.29 is 9.53 Å². The zero-order chi connectivity index (χ0) is 12.8. The highest BCUT2D eigenvalue weighted by Gasteiger charge is 2.15. The lowest BCUT2D eigenvalue weighted by Crippen LogP contribution is -2.45. The van der Waals surface area contributed by atoms with Crippen molar-refractivity contribution in [1.82, 2.24) is 20.2 Å². The zero-order valence-electron chi connectivity index (χ0n) is 10.7. The first-order chi connectivity index (χ1) is 8.75. The van der Waals surface area contributed by atoms with Crippen molar-refractivity contribution >= 4 is 6.03 Å². The van der Waals surface area contributed by atoms with Gasteiger partial charge in [-0.05, 0) is 19.8 Å². The second-order valence-electron chi connectivity index (χ2n) is 4.45. The van der Waals surface area contributed by atoms with Gasteiger partial charge in [0, 0.05) is 44.7 Å². The topological polar surface area (TPSA) is 68.2 Å². The Kier molecular flexibility index (Phi) is 4.58. The van der Waals surface area contributed by atoms with Crippen molar-refractivity contribution in [3.8, 4) is 0 Å². The average molecular weight is 252 g/mol. The molecule has 0 bridgehead atoms. The molecule has 1 fully saturated rings. The van der Waals surface area contributed by atoms with Gasteiger partial charge in [-0.3, -0.25) is 0 Å². The third-order valence-electron chi connectivity index (χ3n) is 3.12. The van der Waals surface area contributed by atoms with Gasteiger partial charge in [0.2, 0.25) is 0 Å². The highest BCUT2D eigenvalue weighted by atomic mass is 16.5. The van der Waals surface area contributed by atoms with Gasteiger partial charge in [0.1, 0.15) is 5.82 Å². The van der Waals surface area contributed by atoms with Crippen LogP contribution in [-0.2, 0) is 11.3 Å². The van der Waals surface area contributed by atoms with Crippen molar-refractivity contribution in [1.29, 1.82) is 0 Å². The maximum atomic E-state index is 11.6. The van der Waals surface area contributed by atoms with Crippen LogP contribution in [0.2, 0.25) is 0 Å². The van der Waals surface area contributed by atoms with Gasteiger partial charge in [-0.15, -0.1) is 0 Å². The molecule has 1 aromatic rings. The number of hydrogen-bond acceptors (Lipinski definition) is 3. The zero-order valence-corrected chi connectivity index (χ0v) is 10.7. The largest absolute Gasteiger partial charge is 0.381 e. The molecular formula is C12H20N4O2. The fourth-order valence-electron chi connectivity index (χ4n) is 2.01. The lowest BCUT2D eigenvalue weighted by atomic mass is 10.1. The predicted molar refractivity (Wildman–Crippen MR) is 67.3 cm³/mol. The summed E-state index contributed by atoms with van der Waals surface area (Å²) in [5.41, 5.74) is 0. The smallest absolute Gasteiger partial charge is 0.315 e. The van der Waals surface area contributed by atoms with Gasteiger partial charge in [-0.2, -0.15) is 0 Å². The summed E-state index contributed by atoms with van der Waals surface area (Å²) in [4.78, 5) is 15.8. The summed E-state index contributed by atoms with van der Waals surface area (Å²) in [7, 11) is 0. The number of urea groups is 1. The Morgan fingerprint density at radius 2 is 2.33 bits per heavy atom. The van der Waals surface area contributed by atoms with Crippen LogP contribution in [0, 0.1) is 6.92 Å². The van der Waals surface area contributed by atoms with E-state index < -0.39 is 0 Å². The molecule has 0 aromatic carbocycles. The molecule has 1 aromatic heterocycles. The summed E-state index contributed by atoms with van der Waals surface area (Å²) in [6, 6.07) is 0.147. The van der Waals surface area contributed by atoms with Crippen LogP contribution in [0.15, 0.2) is 12.4 Å². The Labute approximate surface area is 107 Å². The first-order valence-electron chi connectivity index (χ1n) is 6.35. The summed E-state index contributed by atoms with van der Waals surface area (Å²) in [6.45, 7) is 4.76. The number of carbonyl (C=O) groups excluding carboxylic acids is 1. The second-order valence-corrected chi connectivity index (χ2v) is 4.45. The third kappa shape index (κ3) is 3.73. The summed E-state index contributed by atoms with van der Waals surface area (Å²) in [5.74, 6) is 0.960. The molecule has 6 nitrogen and oxygen atoms in total. The summed E-state index contributed by atoms with van der Waals surface area (Å²) in [6.07, 6.45) is 5.47. The van der Waals surface area contributed by atoms with E-state index >= 15 is 0 Å². The number of aryl methyl sites for hydroxylation is 1. The van der Waals surface area contributed by atoms with Crippen molar-refractivity contribution in [2.24, 2.45) is 0 Å². The average Bonchev–Trinajstić information content (AvgIpc) is 2.76. The molecule has 100 valence electrons. The highest BCUT2D eigenvalue weighted by molar-refractivity contribution is 5.74. The number of imidazole rings is 1. The van der Waals surface area contributed by atoms with E-state index in [2.05, 4.69) is 15.6 Å². The van der Waals surface area contributed by atoms with E-state index in [-0.39, 0.29) is 12.1 Å². The number of nitrogens with zero attached hydrogens (tertiary/aromatic N) is 2. The Balaban J connectivity index is 1.64. The van der Waals surface area contributed by atoms with Gasteiger partial charge in [0.15, 0.2) is 0 Å². The van der Waals surface area contributed by atoms with Gasteiger partial charge in [-0.25, -0.2) is 9.78 Å². The quantitative estimate of drug-likeness (QED) is 0.827. The molecule has 0 radical (unpaired) electrons. The van der Waals surface area contributed by atoms with Crippen LogP contribution >= 0.6 is 0 Å². The molecule has 2 N–H and O–H groups in total. The Morgan fingerprint density at radius 3 is 3.00 bits per heavy atom. The molecule has 0 aliphatic carbocycles. The van der Waals surface area contributed by atoms with E-state index in [4.69, 9.17) is 4.74 Å². The molecule has 1 aliphatic heterocycles. The van der Waals surface area contributed by atoms with Crippen LogP contribution in [0.25, 0.3) is 0 Å². The van der Waals surface area contributed by atoms with Crippen LogP contribution in [0.4, 0.5) is 4.79 Å². The van der Waals surface area contributed by atoms with E-state index in [0.29, 0.717) is 6.54 Å². The molecule has 6 heteroatoms. The first-order valence-corrected chi connectivity index (χ1v) is 6.35. The normalized spacial score (nSPS) is 16.5. The van der Waals surface area contributed by atoms with E-state index in [9.17, 15) is 4.79 Å². The number of ether oxygens (including phenoxy) is 1. The molecule has 0 spiro atoms. The number of carbonyl (C=O) groups is 1. The number of rotatable bonds is 4. The van der Waals surface area contributed by atoms with Gasteiger partial charge in [-0.1, -0.05) is 0 Å². The van der Waals surface area contributed by atoms with Crippen LogP contribution in [0.5, 0.6) is 0 Å². The summed E-state index contributed by atoms with van der Waals surface area (Å²) >= 11 is 0. The van der Waals surface area contributed by atoms with Crippen LogP contribution in [-0.4, -0.2) is 41.4 Å². The van der Waals surface area contributed by atoms with E-state index in [1.807, 2.05) is 17.7 Å². The molecule has 1 saturated heterocycles. The molecule has 2 rings (SSSR count). The van der Waals surface area contributed by atoms with Crippen molar-refractivity contribution in [3.63, 3.8) is 0 Å². The molecular weight excluding hydrogens is 232 g/mol. The fourth-order valence-corrected chi connectivity index (χ4v) is 2.01. The van der Waals surface area contributed by atoms with Crippen LogP contribution in [0.3, 0.4) is 0 Å². The minimum atomic E-state index is -0.0975. The molecule has 0 atom stereocenters. The maximum Gasteiger partial charge on any atom is 0.315 e. The van der Waals surface area contributed by atoms with E-state index in [0.717, 1.165) is 38.4 Å². The second kappa shape index (κ2) is 6.39. The lowest BCUT2D eigenvalue weighted by molar-refractivity contribution is 0.0801. The summed E-state index contributed by atoms with van der Waals surface area (Å²) < 4.78 is 7.25. The van der Waals surface area contributed by atoms with Gasteiger partial charge < -0.3 is 19.9 Å². The number of amides is 2. The minimum Gasteiger partial charge on any atom is -0.381 e. The van der Waals surface area contributed by atoms with Crippen LogP contribution in [0.1, 0.15) is 18.7 Å². The monoisotopic (exact) mass is 252 g/mol. The molecule has 1 aliphatic rings. The molecule has 0 saturated carbocycles. The maximum absolute atomic E-state index is 11.6. The lowest BCUT2D eigenvalue weighted by Gasteiger charge is -2.23.